The second-order valence-electron chi connectivity index (χ2n) is 7.81. The first kappa shape index (κ1) is 20.2. The lowest BCUT2D eigenvalue weighted by molar-refractivity contribution is 0.0514. The van der Waals surface area contributed by atoms with Crippen LogP contribution in [0.25, 0.3) is 0 Å². The highest BCUT2D eigenvalue weighted by molar-refractivity contribution is 7.91. The van der Waals surface area contributed by atoms with Gasteiger partial charge < -0.3 is 15.4 Å². The Balaban J connectivity index is 2.31. The van der Waals surface area contributed by atoms with Gasteiger partial charge in [-0.15, -0.1) is 0 Å². The van der Waals surface area contributed by atoms with Crippen LogP contribution in [-0.2, 0) is 14.6 Å². The molecule has 1 amide bonds. The van der Waals surface area contributed by atoms with E-state index >= 15 is 0 Å². The summed E-state index contributed by atoms with van der Waals surface area (Å²) in [5, 5.41) is 6.18. The minimum Gasteiger partial charge on any atom is -0.444 e. The van der Waals surface area contributed by atoms with Gasteiger partial charge in [-0.1, -0.05) is 13.8 Å². The quantitative estimate of drug-likeness (QED) is 0.733. The molecule has 1 saturated heterocycles. The molecule has 23 heavy (non-hydrogen) atoms. The maximum Gasteiger partial charge on any atom is 0.407 e. The number of sulfone groups is 1. The number of rotatable bonds is 7. The fourth-order valence-corrected chi connectivity index (χ4v) is 4.44. The van der Waals surface area contributed by atoms with Crippen molar-refractivity contribution in [3.8, 4) is 0 Å². The number of hydrogen-bond acceptors (Lipinski definition) is 5. The molecule has 1 rings (SSSR count). The number of amides is 1. The second kappa shape index (κ2) is 8.33. The summed E-state index contributed by atoms with van der Waals surface area (Å²) in [6.45, 7) is 11.8. The van der Waals surface area contributed by atoms with Gasteiger partial charge in [-0.3, -0.25) is 0 Å². The SMILES string of the molecule is CC(C)C(CNCC1CCS(=O)(=O)C1)CNC(=O)OC(C)(C)C. The molecule has 0 aliphatic carbocycles. The van der Waals surface area contributed by atoms with Gasteiger partial charge in [0.2, 0.25) is 0 Å². The molecule has 1 aliphatic heterocycles. The Hall–Kier alpha value is -0.820. The lowest BCUT2D eigenvalue weighted by Gasteiger charge is -2.24. The zero-order chi connectivity index (χ0) is 17.7. The van der Waals surface area contributed by atoms with E-state index in [2.05, 4.69) is 24.5 Å². The van der Waals surface area contributed by atoms with Crippen LogP contribution in [0.15, 0.2) is 0 Å². The van der Waals surface area contributed by atoms with Crippen LogP contribution in [0.3, 0.4) is 0 Å². The monoisotopic (exact) mass is 348 g/mol. The van der Waals surface area contributed by atoms with Gasteiger partial charge in [0, 0.05) is 6.54 Å². The molecule has 0 saturated carbocycles. The number of carbonyl (C=O) groups excluding carboxylic acids is 1. The van der Waals surface area contributed by atoms with Crippen LogP contribution in [0, 0.1) is 17.8 Å². The van der Waals surface area contributed by atoms with Crippen molar-refractivity contribution in [1.29, 1.82) is 0 Å². The predicted octanol–water partition coefficient (Wildman–Crippen LogP) is 1.81. The van der Waals surface area contributed by atoms with E-state index in [1.165, 1.54) is 0 Å². The Morgan fingerprint density at radius 3 is 2.39 bits per heavy atom. The Morgan fingerprint density at radius 1 is 1.26 bits per heavy atom. The van der Waals surface area contributed by atoms with E-state index in [4.69, 9.17) is 4.74 Å². The lowest BCUT2D eigenvalue weighted by atomic mass is 9.95. The molecular formula is C16H32N2O4S. The van der Waals surface area contributed by atoms with E-state index in [-0.39, 0.29) is 11.8 Å². The van der Waals surface area contributed by atoms with Gasteiger partial charge in [-0.2, -0.15) is 0 Å². The summed E-state index contributed by atoms with van der Waals surface area (Å²) in [7, 11) is -2.81. The van der Waals surface area contributed by atoms with E-state index in [9.17, 15) is 13.2 Å². The van der Waals surface area contributed by atoms with Gasteiger partial charge in [0.05, 0.1) is 11.5 Å². The van der Waals surface area contributed by atoms with Crippen molar-refractivity contribution in [2.24, 2.45) is 17.8 Å². The highest BCUT2D eigenvalue weighted by Crippen LogP contribution is 2.17. The molecule has 0 aromatic heterocycles. The second-order valence-corrected chi connectivity index (χ2v) is 10.0. The summed E-state index contributed by atoms with van der Waals surface area (Å²) in [5.74, 6) is 1.51. The molecule has 1 fully saturated rings. The topological polar surface area (TPSA) is 84.5 Å². The molecule has 1 heterocycles. The average Bonchev–Trinajstić information content (AvgIpc) is 2.70. The number of carbonyl (C=O) groups is 1. The molecule has 0 radical (unpaired) electrons. The van der Waals surface area contributed by atoms with Crippen LogP contribution in [-0.4, -0.2) is 51.3 Å². The molecule has 0 bridgehead atoms. The van der Waals surface area contributed by atoms with E-state index in [1.807, 2.05) is 20.8 Å². The molecule has 2 N–H and O–H groups in total. The molecule has 2 atom stereocenters. The Morgan fingerprint density at radius 2 is 1.91 bits per heavy atom. The van der Waals surface area contributed by atoms with Crippen LogP contribution in [0.4, 0.5) is 4.79 Å². The zero-order valence-electron chi connectivity index (χ0n) is 15.0. The molecule has 6 nitrogen and oxygen atoms in total. The molecule has 0 aromatic carbocycles. The predicted molar refractivity (Wildman–Crippen MR) is 92.2 cm³/mol. The van der Waals surface area contributed by atoms with Crippen LogP contribution in [0.5, 0.6) is 0 Å². The highest BCUT2D eigenvalue weighted by atomic mass is 32.2. The third-order valence-electron chi connectivity index (χ3n) is 4.02. The Kier molecular flexibility index (Phi) is 7.32. The smallest absolute Gasteiger partial charge is 0.407 e. The summed E-state index contributed by atoms with van der Waals surface area (Å²) in [6.07, 6.45) is 0.350. The van der Waals surface area contributed by atoms with Gasteiger partial charge in [0.25, 0.3) is 0 Å². The molecule has 1 aliphatic rings. The van der Waals surface area contributed by atoms with Crippen molar-refractivity contribution in [3.63, 3.8) is 0 Å². The van der Waals surface area contributed by atoms with Crippen molar-refractivity contribution in [2.75, 3.05) is 31.1 Å². The maximum absolute atomic E-state index is 11.7. The third-order valence-corrected chi connectivity index (χ3v) is 5.85. The number of ether oxygens (including phenoxy) is 1. The lowest BCUT2D eigenvalue weighted by Crippen LogP contribution is -2.40. The van der Waals surface area contributed by atoms with E-state index < -0.39 is 21.5 Å². The minimum atomic E-state index is -2.81. The fourth-order valence-electron chi connectivity index (χ4n) is 2.58. The zero-order valence-corrected chi connectivity index (χ0v) is 15.8. The normalized spacial score (nSPS) is 22.1. The van der Waals surface area contributed by atoms with Crippen LogP contribution in [0.1, 0.15) is 41.0 Å². The van der Waals surface area contributed by atoms with Gasteiger partial charge in [-0.05, 0) is 58.0 Å². The fraction of sp³-hybridized carbons (Fsp3) is 0.938. The first-order chi connectivity index (χ1) is 10.5. The summed E-state index contributed by atoms with van der Waals surface area (Å²) >= 11 is 0. The van der Waals surface area contributed by atoms with Gasteiger partial charge in [0.1, 0.15) is 5.60 Å². The molecule has 136 valence electrons. The average molecular weight is 349 g/mol. The summed E-state index contributed by atoms with van der Waals surface area (Å²) in [6, 6.07) is 0. The third kappa shape index (κ3) is 8.55. The Labute approximate surface area is 140 Å². The van der Waals surface area contributed by atoms with Crippen molar-refractivity contribution in [2.45, 2.75) is 46.6 Å². The standard InChI is InChI=1S/C16H32N2O4S/c1-12(2)14(10-18-15(19)22-16(3,4)5)9-17-8-13-6-7-23(20,21)11-13/h12-14,17H,6-11H2,1-5H3,(H,18,19). The number of alkyl carbamates (subject to hydrolysis) is 1. The van der Waals surface area contributed by atoms with Crippen molar-refractivity contribution in [3.05, 3.63) is 0 Å². The van der Waals surface area contributed by atoms with E-state index in [0.717, 1.165) is 19.5 Å². The van der Waals surface area contributed by atoms with E-state index in [1.54, 1.807) is 0 Å². The highest BCUT2D eigenvalue weighted by Gasteiger charge is 2.27. The van der Waals surface area contributed by atoms with Gasteiger partial charge >= 0.3 is 6.09 Å². The van der Waals surface area contributed by atoms with Crippen LogP contribution < -0.4 is 10.6 Å². The maximum atomic E-state index is 11.7. The number of nitrogens with one attached hydrogen (secondary N) is 2. The van der Waals surface area contributed by atoms with Crippen molar-refractivity contribution >= 4 is 15.9 Å². The molecule has 0 spiro atoms. The summed E-state index contributed by atoms with van der Waals surface area (Å²) < 4.78 is 28.1. The first-order valence-electron chi connectivity index (χ1n) is 8.36. The molecule has 7 heteroatoms. The first-order valence-corrected chi connectivity index (χ1v) is 10.2. The minimum absolute atomic E-state index is 0.214. The molecule has 2 unspecified atom stereocenters. The van der Waals surface area contributed by atoms with Crippen molar-refractivity contribution in [1.82, 2.24) is 10.6 Å². The summed E-state index contributed by atoms with van der Waals surface area (Å²) in [5.41, 5.74) is -0.496. The van der Waals surface area contributed by atoms with E-state index in [0.29, 0.717) is 24.0 Å². The molecule has 0 aromatic rings. The van der Waals surface area contributed by atoms with Crippen LogP contribution in [0.2, 0.25) is 0 Å². The number of hydrogen-bond donors (Lipinski definition) is 2. The Bertz CT molecular complexity index is 483. The van der Waals surface area contributed by atoms with Crippen LogP contribution >= 0.6 is 0 Å². The van der Waals surface area contributed by atoms with Gasteiger partial charge in [-0.25, -0.2) is 13.2 Å². The summed E-state index contributed by atoms with van der Waals surface area (Å²) in [4.78, 5) is 11.7. The largest absolute Gasteiger partial charge is 0.444 e. The van der Waals surface area contributed by atoms with Gasteiger partial charge in [0.15, 0.2) is 9.84 Å². The molecular weight excluding hydrogens is 316 g/mol. The van der Waals surface area contributed by atoms with Crippen molar-refractivity contribution < 1.29 is 17.9 Å².